The molecule has 0 radical (unpaired) electrons. The summed E-state index contributed by atoms with van der Waals surface area (Å²) in [5.41, 5.74) is 2.05. The Hall–Kier alpha value is -2.76. The molecule has 3 aromatic rings. The third-order valence-corrected chi connectivity index (χ3v) is 5.28. The summed E-state index contributed by atoms with van der Waals surface area (Å²) < 4.78 is 31.0. The van der Waals surface area contributed by atoms with E-state index >= 15 is 4.39 Å². The number of rotatable bonds is 8. The normalized spacial score (nSPS) is 10.6. The number of esters is 1. The number of carbonyl (C=O) groups is 1. The summed E-state index contributed by atoms with van der Waals surface area (Å²) in [4.78, 5) is 11.5. The van der Waals surface area contributed by atoms with E-state index in [0.29, 0.717) is 43.8 Å². The Kier molecular flexibility index (Phi) is 7.77. The monoisotopic (exact) mass is 462 g/mol. The Morgan fingerprint density at radius 1 is 1.03 bits per heavy atom. The van der Waals surface area contributed by atoms with Crippen LogP contribution in [0.15, 0.2) is 54.6 Å². The number of halogens is 3. The molecule has 0 aliphatic carbocycles. The maximum Gasteiger partial charge on any atom is 0.344 e. The molecule has 0 spiro atoms. The number of benzene rings is 3. The zero-order valence-electron chi connectivity index (χ0n) is 17.1. The van der Waals surface area contributed by atoms with E-state index in [1.54, 1.807) is 31.2 Å². The summed E-state index contributed by atoms with van der Waals surface area (Å²) >= 11 is 12.8. The maximum absolute atomic E-state index is 15.5. The fourth-order valence-corrected chi connectivity index (χ4v) is 3.75. The summed E-state index contributed by atoms with van der Waals surface area (Å²) in [7, 11) is 1.50. The standard InChI is InChI=1S/C24H21Cl2FO4/c1-3-30-22(28)14-31-17-12-19(25)18(20(26)13-17)11-16-9-10-21(29-2)23(24(16)27)15-7-5-4-6-8-15/h4-10,12-13H,3,11,14H2,1-2H3. The fourth-order valence-electron chi connectivity index (χ4n) is 3.15. The minimum atomic E-state index is -0.493. The molecule has 0 atom stereocenters. The summed E-state index contributed by atoms with van der Waals surface area (Å²) in [5.74, 6) is -0.132. The van der Waals surface area contributed by atoms with Gasteiger partial charge in [0, 0.05) is 16.5 Å². The Labute approximate surface area is 190 Å². The zero-order chi connectivity index (χ0) is 22.4. The van der Waals surface area contributed by atoms with Gasteiger partial charge in [-0.1, -0.05) is 59.6 Å². The molecule has 0 saturated heterocycles. The van der Waals surface area contributed by atoms with Gasteiger partial charge in [0.05, 0.1) is 19.3 Å². The van der Waals surface area contributed by atoms with Crippen molar-refractivity contribution in [2.45, 2.75) is 13.3 Å². The molecule has 0 aliphatic heterocycles. The van der Waals surface area contributed by atoms with Crippen molar-refractivity contribution in [1.82, 2.24) is 0 Å². The summed E-state index contributed by atoms with van der Waals surface area (Å²) in [6.45, 7) is 1.72. The second-order valence-corrected chi connectivity index (χ2v) is 7.43. The molecule has 0 aromatic heterocycles. The predicted octanol–water partition coefficient (Wildman–Crippen LogP) is 6.34. The maximum atomic E-state index is 15.5. The van der Waals surface area contributed by atoms with Gasteiger partial charge in [0.1, 0.15) is 17.3 Å². The Morgan fingerprint density at radius 2 is 1.71 bits per heavy atom. The lowest BCUT2D eigenvalue weighted by Crippen LogP contribution is -2.14. The van der Waals surface area contributed by atoms with Crippen LogP contribution in [0.4, 0.5) is 4.39 Å². The minimum Gasteiger partial charge on any atom is -0.496 e. The number of methoxy groups -OCH3 is 1. The van der Waals surface area contributed by atoms with E-state index in [2.05, 4.69) is 0 Å². The van der Waals surface area contributed by atoms with Crippen molar-refractivity contribution in [3.05, 3.63) is 81.6 Å². The van der Waals surface area contributed by atoms with Crippen molar-refractivity contribution in [2.24, 2.45) is 0 Å². The van der Waals surface area contributed by atoms with Crippen LogP contribution in [0, 0.1) is 5.82 Å². The van der Waals surface area contributed by atoms with Crippen LogP contribution < -0.4 is 9.47 Å². The van der Waals surface area contributed by atoms with Crippen molar-refractivity contribution in [1.29, 1.82) is 0 Å². The van der Waals surface area contributed by atoms with E-state index in [0.717, 1.165) is 0 Å². The van der Waals surface area contributed by atoms with E-state index in [9.17, 15) is 4.79 Å². The Bertz CT molecular complexity index is 1050. The quantitative estimate of drug-likeness (QED) is 0.366. The number of hydrogen-bond donors (Lipinski definition) is 0. The highest BCUT2D eigenvalue weighted by Gasteiger charge is 2.19. The molecule has 0 bridgehead atoms. The van der Waals surface area contributed by atoms with Crippen molar-refractivity contribution in [2.75, 3.05) is 20.3 Å². The van der Waals surface area contributed by atoms with Gasteiger partial charge in [-0.2, -0.15) is 0 Å². The second-order valence-electron chi connectivity index (χ2n) is 6.62. The van der Waals surface area contributed by atoms with Gasteiger partial charge in [0.25, 0.3) is 0 Å². The smallest absolute Gasteiger partial charge is 0.344 e. The third kappa shape index (κ3) is 5.49. The van der Waals surface area contributed by atoms with Crippen LogP contribution in [0.2, 0.25) is 10.0 Å². The van der Waals surface area contributed by atoms with Gasteiger partial charge in [-0.05, 0) is 41.8 Å². The molecule has 0 N–H and O–H groups in total. The van der Waals surface area contributed by atoms with Crippen molar-refractivity contribution < 1.29 is 23.4 Å². The van der Waals surface area contributed by atoms with Gasteiger partial charge >= 0.3 is 5.97 Å². The molecule has 0 amide bonds. The van der Waals surface area contributed by atoms with E-state index in [1.807, 2.05) is 30.3 Å². The van der Waals surface area contributed by atoms with Crippen LogP contribution >= 0.6 is 23.2 Å². The molecule has 7 heteroatoms. The van der Waals surface area contributed by atoms with Crippen LogP contribution in [0.3, 0.4) is 0 Å². The molecule has 162 valence electrons. The SMILES string of the molecule is CCOC(=O)COc1cc(Cl)c(Cc2ccc(OC)c(-c3ccccc3)c2F)c(Cl)c1. The van der Waals surface area contributed by atoms with E-state index in [1.165, 1.54) is 7.11 Å². The van der Waals surface area contributed by atoms with Crippen molar-refractivity contribution >= 4 is 29.2 Å². The Balaban J connectivity index is 1.90. The Morgan fingerprint density at radius 3 is 2.32 bits per heavy atom. The van der Waals surface area contributed by atoms with Gasteiger partial charge in [-0.25, -0.2) is 9.18 Å². The first-order valence-electron chi connectivity index (χ1n) is 9.61. The molecule has 0 heterocycles. The largest absolute Gasteiger partial charge is 0.496 e. The van der Waals surface area contributed by atoms with Crippen LogP contribution in [0.1, 0.15) is 18.1 Å². The van der Waals surface area contributed by atoms with Crippen LogP contribution in [-0.2, 0) is 16.0 Å². The molecule has 4 nitrogen and oxygen atoms in total. The van der Waals surface area contributed by atoms with E-state index < -0.39 is 11.8 Å². The van der Waals surface area contributed by atoms with Crippen LogP contribution in [0.25, 0.3) is 11.1 Å². The average molecular weight is 463 g/mol. The zero-order valence-corrected chi connectivity index (χ0v) is 18.6. The van der Waals surface area contributed by atoms with E-state index in [-0.39, 0.29) is 19.6 Å². The first kappa shape index (κ1) is 22.9. The highest BCUT2D eigenvalue weighted by atomic mass is 35.5. The van der Waals surface area contributed by atoms with E-state index in [4.69, 9.17) is 37.4 Å². The lowest BCUT2D eigenvalue weighted by molar-refractivity contribution is -0.145. The summed E-state index contributed by atoms with van der Waals surface area (Å²) in [6, 6.07) is 15.6. The first-order valence-corrected chi connectivity index (χ1v) is 10.4. The molecule has 0 fully saturated rings. The highest BCUT2D eigenvalue weighted by Crippen LogP contribution is 2.37. The lowest BCUT2D eigenvalue weighted by atomic mass is 9.97. The summed E-state index contributed by atoms with van der Waals surface area (Å²) in [5, 5.41) is 0.616. The number of hydrogen-bond acceptors (Lipinski definition) is 4. The van der Waals surface area contributed by atoms with Crippen LogP contribution in [0.5, 0.6) is 11.5 Å². The van der Waals surface area contributed by atoms with Crippen molar-refractivity contribution in [3.8, 4) is 22.6 Å². The van der Waals surface area contributed by atoms with Crippen LogP contribution in [-0.4, -0.2) is 26.3 Å². The molecule has 0 unspecified atom stereocenters. The van der Waals surface area contributed by atoms with Gasteiger partial charge in [0.15, 0.2) is 6.61 Å². The highest BCUT2D eigenvalue weighted by molar-refractivity contribution is 6.36. The average Bonchev–Trinajstić information content (AvgIpc) is 2.76. The van der Waals surface area contributed by atoms with Crippen molar-refractivity contribution in [3.63, 3.8) is 0 Å². The molecule has 3 rings (SSSR count). The van der Waals surface area contributed by atoms with Gasteiger partial charge in [-0.15, -0.1) is 0 Å². The number of carbonyl (C=O) groups excluding carboxylic acids is 1. The van der Waals surface area contributed by atoms with Gasteiger partial charge < -0.3 is 14.2 Å². The first-order chi connectivity index (χ1) is 14.9. The minimum absolute atomic E-state index is 0.172. The molecule has 0 saturated carbocycles. The van der Waals surface area contributed by atoms with Gasteiger partial charge in [-0.3, -0.25) is 0 Å². The molecule has 3 aromatic carbocycles. The molecule has 0 aliphatic rings. The topological polar surface area (TPSA) is 44.8 Å². The fraction of sp³-hybridized carbons (Fsp3) is 0.208. The van der Waals surface area contributed by atoms with Gasteiger partial charge in [0.2, 0.25) is 0 Å². The third-order valence-electron chi connectivity index (χ3n) is 4.61. The number of ether oxygens (including phenoxy) is 3. The molecular formula is C24H21Cl2FO4. The second kappa shape index (κ2) is 10.5. The summed E-state index contributed by atoms with van der Waals surface area (Å²) in [6.07, 6.45) is 0.172. The lowest BCUT2D eigenvalue weighted by Gasteiger charge is -2.15. The molecule has 31 heavy (non-hydrogen) atoms. The molecular weight excluding hydrogens is 442 g/mol. The predicted molar refractivity (Wildman–Crippen MR) is 120 cm³/mol.